The third kappa shape index (κ3) is 2.09. The number of carbonyl (C=O) groups excluding carboxylic acids is 1. The van der Waals surface area contributed by atoms with Gasteiger partial charge in [-0.15, -0.1) is 0 Å². The van der Waals surface area contributed by atoms with Crippen molar-refractivity contribution in [2.45, 2.75) is 51.5 Å². The lowest BCUT2D eigenvalue weighted by Crippen LogP contribution is -2.61. The Morgan fingerprint density at radius 1 is 1.44 bits per heavy atom. The number of hydrogen-bond acceptors (Lipinski definition) is 4. The van der Waals surface area contributed by atoms with E-state index in [2.05, 4.69) is 25.7 Å². The summed E-state index contributed by atoms with van der Waals surface area (Å²) in [6.45, 7) is 6.72. The Kier molecular flexibility index (Phi) is 3.22. The van der Waals surface area contributed by atoms with E-state index >= 15 is 0 Å². The Morgan fingerprint density at radius 2 is 2.12 bits per heavy atom. The minimum atomic E-state index is -0.132. The molecule has 2 aliphatic rings. The molecule has 0 N–H and O–H groups in total. The highest BCUT2D eigenvalue weighted by Gasteiger charge is 2.45. The maximum atomic E-state index is 11.5. The van der Waals surface area contributed by atoms with Crippen LogP contribution in [0.15, 0.2) is 0 Å². The highest BCUT2D eigenvalue weighted by Crippen LogP contribution is 2.32. The van der Waals surface area contributed by atoms with Crippen LogP contribution in [0.1, 0.15) is 27.2 Å². The molecule has 2 heterocycles. The van der Waals surface area contributed by atoms with Gasteiger partial charge < -0.3 is 9.47 Å². The second-order valence-electron chi connectivity index (χ2n) is 5.33. The van der Waals surface area contributed by atoms with Gasteiger partial charge in [0.05, 0.1) is 24.8 Å². The van der Waals surface area contributed by atoms with Crippen LogP contribution in [0.3, 0.4) is 0 Å². The van der Waals surface area contributed by atoms with E-state index in [1.165, 1.54) is 0 Å². The zero-order chi connectivity index (χ0) is 11.9. The van der Waals surface area contributed by atoms with Gasteiger partial charge in [0.25, 0.3) is 0 Å². The summed E-state index contributed by atoms with van der Waals surface area (Å²) in [5.74, 6) is 0.238. The summed E-state index contributed by atoms with van der Waals surface area (Å²) in [5.41, 5.74) is 0. The number of hydrogen-bond donors (Lipinski definition) is 0. The zero-order valence-corrected chi connectivity index (χ0v) is 10.5. The predicted molar refractivity (Wildman–Crippen MR) is 60.1 cm³/mol. The van der Waals surface area contributed by atoms with Crippen molar-refractivity contribution in [1.82, 2.24) is 4.90 Å². The van der Waals surface area contributed by atoms with Crippen molar-refractivity contribution in [3.05, 3.63) is 0 Å². The normalized spacial score (nSPS) is 40.7. The summed E-state index contributed by atoms with van der Waals surface area (Å²) in [4.78, 5) is 13.6. The summed E-state index contributed by atoms with van der Waals surface area (Å²) >= 11 is 0. The summed E-state index contributed by atoms with van der Waals surface area (Å²) in [6, 6.07) is 0.314. The molecule has 0 saturated carbocycles. The molecule has 0 unspecified atom stereocenters. The molecule has 2 fully saturated rings. The van der Waals surface area contributed by atoms with Gasteiger partial charge in [-0.2, -0.15) is 0 Å². The SMILES string of the molecule is CC(C)[C@@H]1O[C@H](C)C[C@H]2[C@H]1OC(=O)CN2C. The molecule has 92 valence electrons. The summed E-state index contributed by atoms with van der Waals surface area (Å²) in [5, 5.41) is 0. The van der Waals surface area contributed by atoms with Crippen LogP contribution >= 0.6 is 0 Å². The molecule has 4 nitrogen and oxygen atoms in total. The summed E-state index contributed by atoms with van der Waals surface area (Å²) in [7, 11) is 1.99. The molecule has 0 aliphatic carbocycles. The highest BCUT2D eigenvalue weighted by atomic mass is 16.6. The van der Waals surface area contributed by atoms with Crippen LogP contribution in [-0.4, -0.2) is 48.8 Å². The lowest BCUT2D eigenvalue weighted by Gasteiger charge is -2.48. The topological polar surface area (TPSA) is 38.8 Å². The summed E-state index contributed by atoms with van der Waals surface area (Å²) in [6.07, 6.45) is 1.12. The Labute approximate surface area is 96.9 Å². The number of ether oxygens (including phenoxy) is 2. The lowest BCUT2D eigenvalue weighted by atomic mass is 9.88. The number of esters is 1. The molecule has 16 heavy (non-hydrogen) atoms. The van der Waals surface area contributed by atoms with Crippen LogP contribution in [0.25, 0.3) is 0 Å². The summed E-state index contributed by atoms with van der Waals surface area (Å²) < 4.78 is 11.4. The van der Waals surface area contributed by atoms with Crippen molar-refractivity contribution in [3.63, 3.8) is 0 Å². The largest absolute Gasteiger partial charge is 0.457 e. The van der Waals surface area contributed by atoms with Crippen molar-refractivity contribution in [1.29, 1.82) is 0 Å². The van der Waals surface area contributed by atoms with Crippen molar-refractivity contribution in [2.24, 2.45) is 5.92 Å². The van der Waals surface area contributed by atoms with Gasteiger partial charge >= 0.3 is 5.97 Å². The van der Waals surface area contributed by atoms with Gasteiger partial charge in [0.2, 0.25) is 0 Å². The molecule has 0 aromatic carbocycles. The zero-order valence-electron chi connectivity index (χ0n) is 10.5. The van der Waals surface area contributed by atoms with E-state index in [0.717, 1.165) is 6.42 Å². The van der Waals surface area contributed by atoms with Crippen molar-refractivity contribution in [2.75, 3.05) is 13.6 Å². The first kappa shape index (κ1) is 11.9. The fourth-order valence-corrected chi connectivity index (χ4v) is 2.72. The molecule has 2 saturated heterocycles. The second-order valence-corrected chi connectivity index (χ2v) is 5.33. The van der Waals surface area contributed by atoms with E-state index in [-0.39, 0.29) is 24.3 Å². The molecule has 0 aromatic rings. The van der Waals surface area contributed by atoms with Crippen LogP contribution in [0.2, 0.25) is 0 Å². The number of fused-ring (bicyclic) bond motifs is 1. The second kappa shape index (κ2) is 4.34. The molecule has 0 aromatic heterocycles. The minimum Gasteiger partial charge on any atom is -0.457 e. The minimum absolute atomic E-state index is 0.0282. The van der Waals surface area contributed by atoms with E-state index in [1.54, 1.807) is 0 Å². The fraction of sp³-hybridized carbons (Fsp3) is 0.917. The van der Waals surface area contributed by atoms with Gasteiger partial charge in [0, 0.05) is 0 Å². The molecule has 0 bridgehead atoms. The predicted octanol–water partition coefficient (Wildman–Crippen LogP) is 1.05. The van der Waals surface area contributed by atoms with E-state index in [1.807, 2.05) is 7.05 Å². The van der Waals surface area contributed by atoms with Gasteiger partial charge in [-0.3, -0.25) is 9.69 Å². The van der Waals surface area contributed by atoms with Gasteiger partial charge in [-0.25, -0.2) is 0 Å². The van der Waals surface area contributed by atoms with E-state index in [9.17, 15) is 4.79 Å². The van der Waals surface area contributed by atoms with Gasteiger partial charge in [-0.05, 0) is 26.3 Å². The maximum Gasteiger partial charge on any atom is 0.320 e. The number of nitrogens with zero attached hydrogens (tertiary/aromatic N) is 1. The van der Waals surface area contributed by atoms with Gasteiger partial charge in [-0.1, -0.05) is 13.8 Å². The van der Waals surface area contributed by atoms with Crippen molar-refractivity contribution >= 4 is 5.97 Å². The fourth-order valence-electron chi connectivity index (χ4n) is 2.72. The highest BCUT2D eigenvalue weighted by molar-refractivity contribution is 5.72. The third-order valence-electron chi connectivity index (χ3n) is 3.54. The smallest absolute Gasteiger partial charge is 0.320 e. The molecule has 2 aliphatic heterocycles. The van der Waals surface area contributed by atoms with E-state index < -0.39 is 0 Å². The van der Waals surface area contributed by atoms with E-state index in [0.29, 0.717) is 18.5 Å². The Hall–Kier alpha value is -0.610. The molecule has 0 spiro atoms. The number of morpholine rings is 1. The quantitative estimate of drug-likeness (QED) is 0.628. The molecular formula is C12H21NO3. The molecular weight excluding hydrogens is 206 g/mol. The first-order valence-electron chi connectivity index (χ1n) is 6.04. The Balaban J connectivity index is 2.19. The number of likely N-dealkylation sites (N-methyl/N-ethyl adjacent to an activating group) is 1. The molecule has 4 atom stereocenters. The number of carbonyl (C=O) groups is 1. The maximum absolute atomic E-state index is 11.5. The molecule has 4 heteroatoms. The monoisotopic (exact) mass is 227 g/mol. The van der Waals surface area contributed by atoms with Gasteiger partial charge in [0.1, 0.15) is 6.10 Å². The third-order valence-corrected chi connectivity index (χ3v) is 3.54. The lowest BCUT2D eigenvalue weighted by molar-refractivity contribution is -0.207. The van der Waals surface area contributed by atoms with Gasteiger partial charge in [0.15, 0.2) is 0 Å². The van der Waals surface area contributed by atoms with Crippen LogP contribution in [0, 0.1) is 5.92 Å². The van der Waals surface area contributed by atoms with Crippen molar-refractivity contribution < 1.29 is 14.3 Å². The Bertz CT molecular complexity index is 271. The number of rotatable bonds is 1. The van der Waals surface area contributed by atoms with Crippen LogP contribution < -0.4 is 0 Å². The Morgan fingerprint density at radius 3 is 2.75 bits per heavy atom. The van der Waals surface area contributed by atoms with E-state index in [4.69, 9.17) is 9.47 Å². The first-order chi connectivity index (χ1) is 7.49. The average molecular weight is 227 g/mol. The van der Waals surface area contributed by atoms with Crippen LogP contribution in [0.5, 0.6) is 0 Å². The molecule has 2 rings (SSSR count). The average Bonchev–Trinajstić information content (AvgIpc) is 2.18. The van der Waals surface area contributed by atoms with Crippen LogP contribution in [0.4, 0.5) is 0 Å². The standard InChI is InChI=1S/C12H21NO3/c1-7(2)11-12-9(5-8(3)15-11)13(4)6-10(14)16-12/h7-9,11-12H,5-6H2,1-4H3/t8-,9+,11+,12-/m1/s1. The van der Waals surface area contributed by atoms with Crippen molar-refractivity contribution in [3.8, 4) is 0 Å². The molecule has 0 radical (unpaired) electrons. The first-order valence-corrected chi connectivity index (χ1v) is 6.04. The van der Waals surface area contributed by atoms with Crippen LogP contribution in [-0.2, 0) is 14.3 Å². The molecule has 0 amide bonds.